The number of fused-ring (bicyclic) bond motifs is 2. The van der Waals surface area contributed by atoms with Gasteiger partial charge in [-0.25, -0.2) is 9.78 Å². The molecule has 2 aromatic carbocycles. The van der Waals surface area contributed by atoms with Crippen LogP contribution in [0.15, 0.2) is 72.9 Å². The van der Waals surface area contributed by atoms with Gasteiger partial charge < -0.3 is 9.84 Å². The number of pyridine rings is 1. The molecule has 0 saturated heterocycles. The van der Waals surface area contributed by atoms with E-state index in [-0.39, 0.29) is 0 Å². The zero-order valence-corrected chi connectivity index (χ0v) is 23.8. The number of imidazole rings is 1. The number of nitrogens with zero attached hydrogens (tertiary/aromatic N) is 5. The monoisotopic (exact) mass is 539 g/mol. The third kappa shape index (κ3) is 5.69. The summed E-state index contributed by atoms with van der Waals surface area (Å²) >= 11 is 0. The molecule has 3 heterocycles. The van der Waals surface area contributed by atoms with Gasteiger partial charge in [-0.2, -0.15) is 5.10 Å². The van der Waals surface area contributed by atoms with E-state index in [1.807, 2.05) is 69.9 Å². The Morgan fingerprint density at radius 1 is 1.03 bits per heavy atom. The summed E-state index contributed by atoms with van der Waals surface area (Å²) in [5.74, 6) is -0.481. The van der Waals surface area contributed by atoms with Crippen molar-refractivity contribution >= 4 is 41.7 Å². The molecule has 0 spiro atoms. The first-order valence-corrected chi connectivity index (χ1v) is 16.9. The highest BCUT2D eigenvalue weighted by molar-refractivity contribution is 6.76. The molecule has 9 heteroatoms. The van der Waals surface area contributed by atoms with Gasteiger partial charge in [0.2, 0.25) is 0 Å². The number of hydrogen-bond acceptors (Lipinski definition) is 5. The lowest BCUT2D eigenvalue weighted by molar-refractivity contribution is -0.131. The summed E-state index contributed by atoms with van der Waals surface area (Å²) in [7, 11) is -1.24. The van der Waals surface area contributed by atoms with Gasteiger partial charge in [0, 0.05) is 44.6 Å². The molecule has 0 aliphatic rings. The fourth-order valence-electron chi connectivity index (χ4n) is 4.60. The van der Waals surface area contributed by atoms with Crippen LogP contribution in [0.25, 0.3) is 38.9 Å². The highest BCUT2D eigenvalue weighted by Crippen LogP contribution is 2.31. The number of para-hydroxylation sites is 2. The second-order valence-corrected chi connectivity index (χ2v) is 16.3. The predicted molar refractivity (Wildman–Crippen MR) is 157 cm³/mol. The molecule has 1 N–H and O–H groups in total. The molecular formula is C30H33N5O3Si. The number of carboxylic acids is 1. The highest BCUT2D eigenvalue weighted by Gasteiger charge is 2.19. The molecular weight excluding hydrogens is 506 g/mol. The van der Waals surface area contributed by atoms with Crippen LogP contribution in [0.4, 0.5) is 0 Å². The van der Waals surface area contributed by atoms with Gasteiger partial charge >= 0.3 is 5.97 Å². The third-order valence-electron chi connectivity index (χ3n) is 6.66. The molecule has 0 unspecified atom stereocenters. The van der Waals surface area contributed by atoms with Crippen molar-refractivity contribution in [3.8, 4) is 11.3 Å². The molecule has 0 radical (unpaired) electrons. The SMILES string of the molecule is CCn1nc(-c2ccc(/C(=C/C(=O)O)c3nc4ccccc4n3COCC[Si](C)(C)C)cc2)c2ncccc21. The normalized spacial score (nSPS) is 12.5. The van der Waals surface area contributed by atoms with E-state index in [0.29, 0.717) is 24.7 Å². The average Bonchev–Trinajstić information content (AvgIpc) is 3.48. The molecule has 0 amide bonds. The lowest BCUT2D eigenvalue weighted by Gasteiger charge is -2.17. The maximum Gasteiger partial charge on any atom is 0.329 e. The molecule has 0 atom stereocenters. The average molecular weight is 540 g/mol. The Bertz CT molecular complexity index is 1660. The van der Waals surface area contributed by atoms with Gasteiger partial charge in [-0.1, -0.05) is 56.0 Å². The van der Waals surface area contributed by atoms with Crippen LogP contribution in [0.5, 0.6) is 0 Å². The fourth-order valence-corrected chi connectivity index (χ4v) is 5.36. The zero-order chi connectivity index (χ0) is 27.6. The summed E-state index contributed by atoms with van der Waals surface area (Å²) in [6.07, 6.45) is 2.99. The van der Waals surface area contributed by atoms with Gasteiger partial charge in [0.25, 0.3) is 0 Å². The highest BCUT2D eigenvalue weighted by atomic mass is 28.3. The topological polar surface area (TPSA) is 95.1 Å². The first-order chi connectivity index (χ1) is 18.7. The van der Waals surface area contributed by atoms with E-state index < -0.39 is 14.0 Å². The smallest absolute Gasteiger partial charge is 0.329 e. The van der Waals surface area contributed by atoms with Gasteiger partial charge in [0.1, 0.15) is 23.8 Å². The molecule has 5 rings (SSSR count). The summed E-state index contributed by atoms with van der Waals surface area (Å²) in [5, 5.41) is 14.6. The second kappa shape index (κ2) is 11.0. The van der Waals surface area contributed by atoms with E-state index in [1.54, 1.807) is 6.20 Å². The number of aliphatic carboxylic acids is 1. The Morgan fingerprint density at radius 2 is 1.77 bits per heavy atom. The lowest BCUT2D eigenvalue weighted by atomic mass is 10.0. The predicted octanol–water partition coefficient (Wildman–Crippen LogP) is 6.30. The molecule has 0 fully saturated rings. The van der Waals surface area contributed by atoms with Crippen LogP contribution >= 0.6 is 0 Å². The first-order valence-electron chi connectivity index (χ1n) is 13.2. The van der Waals surface area contributed by atoms with E-state index >= 15 is 0 Å². The van der Waals surface area contributed by atoms with Gasteiger partial charge in [-0.05, 0) is 42.8 Å². The van der Waals surface area contributed by atoms with Crippen LogP contribution < -0.4 is 0 Å². The molecule has 3 aromatic heterocycles. The minimum Gasteiger partial charge on any atom is -0.478 e. The van der Waals surface area contributed by atoms with E-state index in [9.17, 15) is 9.90 Å². The Balaban J connectivity index is 1.54. The number of aromatic nitrogens is 5. The molecule has 0 aliphatic heterocycles. The minimum atomic E-state index is -1.24. The molecule has 5 aromatic rings. The van der Waals surface area contributed by atoms with Crippen LogP contribution in [0.2, 0.25) is 25.7 Å². The standard InChI is InChI=1S/C30H33N5O3Si/c1-5-35-26-11-8-16-31-29(26)28(33-35)22-14-12-21(13-15-22)23(19-27(36)37)30-32-24-9-6-7-10-25(24)34(30)20-38-17-18-39(2,3)4/h6-16,19H,5,17-18,20H2,1-4H3,(H,36,37)/b23-19-. The van der Waals surface area contributed by atoms with Crippen molar-refractivity contribution < 1.29 is 14.6 Å². The summed E-state index contributed by atoms with van der Waals surface area (Å²) in [6, 6.07) is 20.5. The molecule has 8 nitrogen and oxygen atoms in total. The summed E-state index contributed by atoms with van der Waals surface area (Å²) in [5.41, 5.74) is 6.47. The number of carboxylic acid groups (broad SMARTS) is 1. The Kier molecular flexibility index (Phi) is 7.45. The molecule has 39 heavy (non-hydrogen) atoms. The molecule has 0 bridgehead atoms. The van der Waals surface area contributed by atoms with E-state index in [2.05, 4.69) is 31.5 Å². The van der Waals surface area contributed by atoms with Gasteiger partial charge in [0.15, 0.2) is 0 Å². The van der Waals surface area contributed by atoms with Crippen LogP contribution in [0.1, 0.15) is 18.3 Å². The third-order valence-corrected chi connectivity index (χ3v) is 8.36. The van der Waals surface area contributed by atoms with Gasteiger partial charge in [-0.3, -0.25) is 14.2 Å². The van der Waals surface area contributed by atoms with E-state index in [0.717, 1.165) is 51.5 Å². The number of carbonyl (C=O) groups is 1. The zero-order valence-electron chi connectivity index (χ0n) is 22.8. The Morgan fingerprint density at radius 3 is 2.49 bits per heavy atom. The van der Waals surface area contributed by atoms with Crippen molar-refractivity contribution in [2.45, 2.75) is 45.9 Å². The summed E-state index contributed by atoms with van der Waals surface area (Å²) in [4.78, 5) is 21.4. The van der Waals surface area contributed by atoms with Crippen LogP contribution in [-0.4, -0.2) is 50.1 Å². The van der Waals surface area contributed by atoms with Crippen molar-refractivity contribution in [3.05, 3.63) is 84.3 Å². The Labute approximate surface area is 228 Å². The minimum absolute atomic E-state index is 0.293. The van der Waals surface area contributed by atoms with Crippen molar-refractivity contribution in [1.82, 2.24) is 24.3 Å². The van der Waals surface area contributed by atoms with Gasteiger partial charge in [0.05, 0.1) is 16.6 Å². The fraction of sp³-hybridized carbons (Fsp3) is 0.267. The van der Waals surface area contributed by atoms with Crippen LogP contribution in [-0.2, 0) is 22.8 Å². The number of rotatable bonds is 10. The number of hydrogen-bond donors (Lipinski definition) is 1. The van der Waals surface area contributed by atoms with Gasteiger partial charge in [-0.15, -0.1) is 0 Å². The lowest BCUT2D eigenvalue weighted by Crippen LogP contribution is -2.22. The van der Waals surface area contributed by atoms with Crippen LogP contribution in [0.3, 0.4) is 0 Å². The van der Waals surface area contributed by atoms with Crippen LogP contribution in [0, 0.1) is 0 Å². The van der Waals surface area contributed by atoms with Crippen molar-refractivity contribution in [3.63, 3.8) is 0 Å². The maximum absolute atomic E-state index is 12.0. The molecule has 0 saturated carbocycles. The largest absolute Gasteiger partial charge is 0.478 e. The molecule has 200 valence electrons. The Hall–Kier alpha value is -4.08. The first kappa shape index (κ1) is 26.5. The molecule has 0 aliphatic carbocycles. The maximum atomic E-state index is 12.0. The number of ether oxygens (including phenoxy) is 1. The summed E-state index contributed by atoms with van der Waals surface area (Å²) < 4.78 is 9.99. The van der Waals surface area contributed by atoms with Crippen molar-refractivity contribution in [1.29, 1.82) is 0 Å². The van der Waals surface area contributed by atoms with E-state index in [1.165, 1.54) is 6.08 Å². The van der Waals surface area contributed by atoms with Crippen molar-refractivity contribution in [2.75, 3.05) is 6.61 Å². The number of benzene rings is 2. The van der Waals surface area contributed by atoms with Crippen molar-refractivity contribution in [2.24, 2.45) is 0 Å². The van der Waals surface area contributed by atoms with E-state index in [4.69, 9.17) is 14.8 Å². The second-order valence-electron chi connectivity index (χ2n) is 10.7. The quantitative estimate of drug-likeness (QED) is 0.127. The number of aryl methyl sites for hydroxylation is 1. The summed E-state index contributed by atoms with van der Waals surface area (Å²) in [6.45, 7) is 10.7.